The zero-order chi connectivity index (χ0) is 24.3. The van der Waals surface area contributed by atoms with Crippen molar-refractivity contribution in [2.75, 3.05) is 13.2 Å². The first-order chi connectivity index (χ1) is 15.7. The van der Waals surface area contributed by atoms with Crippen LogP contribution in [0.25, 0.3) is 11.1 Å². The average molecular weight is 460 g/mol. The second-order valence-corrected chi connectivity index (χ2v) is 6.78. The van der Waals surface area contributed by atoms with Crippen molar-refractivity contribution in [2.45, 2.75) is 12.7 Å². The number of carboxylic acids is 1. The molecule has 0 unspecified atom stereocenters. The lowest BCUT2D eigenvalue weighted by Gasteiger charge is -2.09. The van der Waals surface area contributed by atoms with Crippen LogP contribution in [0, 0.1) is 0 Å². The molecule has 0 spiro atoms. The molecule has 0 atom stereocenters. The lowest BCUT2D eigenvalue weighted by Crippen LogP contribution is -2.21. The number of amides is 1. The summed E-state index contributed by atoms with van der Waals surface area (Å²) in [5.41, 5.74) is 9.07. The maximum Gasteiger partial charge on any atom is 0.490 e. The fraction of sp³-hybridized carbons (Fsp3) is 0.167. The minimum atomic E-state index is -5.08. The van der Waals surface area contributed by atoms with Crippen LogP contribution in [-0.4, -0.2) is 36.3 Å². The summed E-state index contributed by atoms with van der Waals surface area (Å²) in [5, 5.41) is 10.5. The number of aliphatic carboxylic acids is 1. The highest BCUT2D eigenvalue weighted by molar-refractivity contribution is 5.94. The maximum absolute atomic E-state index is 11.3. The third kappa shape index (κ3) is 9.04. The van der Waals surface area contributed by atoms with E-state index in [9.17, 15) is 18.0 Å². The third-order valence-electron chi connectivity index (χ3n) is 4.30. The molecule has 3 aromatic carbocycles. The van der Waals surface area contributed by atoms with E-state index in [2.05, 4.69) is 17.4 Å². The normalized spacial score (nSPS) is 10.6. The Morgan fingerprint density at radius 3 is 2.12 bits per heavy atom. The van der Waals surface area contributed by atoms with Crippen LogP contribution in [0.2, 0.25) is 0 Å². The number of carbonyl (C=O) groups is 2. The summed E-state index contributed by atoms with van der Waals surface area (Å²) >= 11 is 0. The monoisotopic (exact) mass is 460 g/mol. The number of carbonyl (C=O) groups excluding carboxylic acids is 1. The minimum absolute atomic E-state index is 0.421. The first kappa shape index (κ1) is 25.4. The number of halogens is 3. The number of benzene rings is 3. The number of ether oxygens (including phenoxy) is 1. The van der Waals surface area contributed by atoms with Crippen molar-refractivity contribution in [3.8, 4) is 16.9 Å². The molecule has 0 aliphatic heterocycles. The molecule has 0 bridgehead atoms. The van der Waals surface area contributed by atoms with Gasteiger partial charge in [-0.3, -0.25) is 4.79 Å². The van der Waals surface area contributed by atoms with E-state index in [4.69, 9.17) is 20.4 Å². The Bertz CT molecular complexity index is 1040. The van der Waals surface area contributed by atoms with Gasteiger partial charge in [-0.05, 0) is 41.0 Å². The zero-order valence-corrected chi connectivity index (χ0v) is 17.5. The molecule has 0 radical (unpaired) electrons. The van der Waals surface area contributed by atoms with E-state index < -0.39 is 18.1 Å². The van der Waals surface area contributed by atoms with Crippen molar-refractivity contribution in [3.63, 3.8) is 0 Å². The van der Waals surface area contributed by atoms with Crippen molar-refractivity contribution in [1.82, 2.24) is 5.32 Å². The van der Waals surface area contributed by atoms with Crippen molar-refractivity contribution in [2.24, 2.45) is 5.73 Å². The van der Waals surface area contributed by atoms with Gasteiger partial charge in [-0.25, -0.2) is 4.79 Å². The van der Waals surface area contributed by atoms with E-state index in [0.717, 1.165) is 30.0 Å². The molecule has 1 amide bonds. The van der Waals surface area contributed by atoms with Gasteiger partial charge in [0.05, 0.1) is 0 Å². The first-order valence-electron chi connectivity index (χ1n) is 9.84. The van der Waals surface area contributed by atoms with Crippen molar-refractivity contribution < 1.29 is 32.6 Å². The maximum atomic E-state index is 11.3. The van der Waals surface area contributed by atoms with E-state index in [1.54, 1.807) is 12.1 Å². The largest absolute Gasteiger partial charge is 0.492 e. The van der Waals surface area contributed by atoms with Crippen LogP contribution >= 0.6 is 0 Å². The highest BCUT2D eigenvalue weighted by atomic mass is 19.4. The molecule has 0 heterocycles. The Morgan fingerprint density at radius 2 is 1.55 bits per heavy atom. The van der Waals surface area contributed by atoms with E-state index in [0.29, 0.717) is 12.2 Å². The number of hydrogen-bond donors (Lipinski definition) is 3. The smallest absolute Gasteiger partial charge is 0.490 e. The number of hydrogen-bond acceptors (Lipinski definition) is 4. The summed E-state index contributed by atoms with van der Waals surface area (Å²) in [6.45, 7) is 2.21. The van der Waals surface area contributed by atoms with E-state index in [1.165, 1.54) is 5.56 Å². The Morgan fingerprint density at radius 1 is 0.909 bits per heavy atom. The van der Waals surface area contributed by atoms with Gasteiger partial charge in [0.1, 0.15) is 12.4 Å². The lowest BCUT2D eigenvalue weighted by atomic mass is 10.0. The van der Waals surface area contributed by atoms with Gasteiger partial charge in [0.2, 0.25) is 5.91 Å². The highest BCUT2D eigenvalue weighted by Gasteiger charge is 2.38. The van der Waals surface area contributed by atoms with Crippen LogP contribution in [0.15, 0.2) is 78.9 Å². The molecule has 0 fully saturated rings. The predicted molar refractivity (Wildman–Crippen MR) is 118 cm³/mol. The minimum Gasteiger partial charge on any atom is -0.492 e. The fourth-order valence-corrected chi connectivity index (χ4v) is 2.67. The van der Waals surface area contributed by atoms with Crippen molar-refractivity contribution in [3.05, 3.63) is 90.0 Å². The molecule has 3 aromatic rings. The summed E-state index contributed by atoms with van der Waals surface area (Å²) in [6.07, 6.45) is -5.08. The van der Waals surface area contributed by atoms with Gasteiger partial charge in [0.15, 0.2) is 0 Å². The Kier molecular flexibility index (Phi) is 9.44. The molecule has 0 aromatic heterocycles. The predicted octanol–water partition coefficient (Wildman–Crippen LogP) is 4.25. The van der Waals surface area contributed by atoms with Crippen LogP contribution in [0.3, 0.4) is 0 Å². The molecule has 33 heavy (non-hydrogen) atoms. The molecule has 174 valence electrons. The van der Waals surface area contributed by atoms with Gasteiger partial charge in [-0.1, -0.05) is 54.6 Å². The van der Waals surface area contributed by atoms with Gasteiger partial charge in [0, 0.05) is 18.7 Å². The Hall–Kier alpha value is -3.85. The van der Waals surface area contributed by atoms with E-state index in [-0.39, 0.29) is 0 Å². The molecule has 9 heteroatoms. The van der Waals surface area contributed by atoms with Crippen LogP contribution in [0.1, 0.15) is 15.9 Å². The standard InChI is InChI=1S/C22H22N2O2.C2HF3O2/c23-22(25)20-8-4-7-19(15-20)18-9-11-21(12-10-18)26-14-13-24-16-17-5-2-1-3-6-17;3-2(4,5)1(6)7/h1-12,15,24H,13-14,16H2,(H2,23,25);(H,6,7). The number of carboxylic acid groups (broad SMARTS) is 1. The second kappa shape index (κ2) is 12.3. The summed E-state index contributed by atoms with van der Waals surface area (Å²) in [6, 6.07) is 25.4. The number of nitrogens with two attached hydrogens (primary N) is 1. The SMILES string of the molecule is NC(=O)c1cccc(-c2ccc(OCCNCc3ccccc3)cc2)c1.O=C(O)C(F)(F)F. The van der Waals surface area contributed by atoms with Gasteiger partial charge in [-0.15, -0.1) is 0 Å². The molecule has 6 nitrogen and oxygen atoms in total. The van der Waals surface area contributed by atoms with Crippen molar-refractivity contribution in [1.29, 1.82) is 0 Å². The molecule has 4 N–H and O–H groups in total. The van der Waals surface area contributed by atoms with Crippen LogP contribution in [0.4, 0.5) is 13.2 Å². The number of primary amides is 1. The summed E-state index contributed by atoms with van der Waals surface area (Å²) < 4.78 is 37.5. The number of rotatable bonds is 8. The molecular formula is C24H23F3N2O4. The number of alkyl halides is 3. The average Bonchev–Trinajstić information content (AvgIpc) is 2.80. The first-order valence-corrected chi connectivity index (χ1v) is 9.84. The summed E-state index contributed by atoms with van der Waals surface area (Å²) in [4.78, 5) is 20.2. The van der Waals surface area contributed by atoms with Crippen molar-refractivity contribution >= 4 is 11.9 Å². The second-order valence-electron chi connectivity index (χ2n) is 6.78. The quantitative estimate of drug-likeness (QED) is 0.436. The summed E-state index contributed by atoms with van der Waals surface area (Å²) in [5.74, 6) is -2.36. The van der Waals surface area contributed by atoms with E-state index in [1.807, 2.05) is 54.6 Å². The Balaban J connectivity index is 0.000000479. The molecule has 3 rings (SSSR count). The Labute approximate surface area is 188 Å². The molecule has 0 saturated carbocycles. The molecule has 0 aliphatic carbocycles. The van der Waals surface area contributed by atoms with Gasteiger partial charge < -0.3 is 20.9 Å². The zero-order valence-electron chi connectivity index (χ0n) is 17.5. The summed E-state index contributed by atoms with van der Waals surface area (Å²) in [7, 11) is 0. The van der Waals surface area contributed by atoms with Gasteiger partial charge in [-0.2, -0.15) is 13.2 Å². The molecule has 0 saturated heterocycles. The lowest BCUT2D eigenvalue weighted by molar-refractivity contribution is -0.192. The number of nitrogens with one attached hydrogen (secondary N) is 1. The van der Waals surface area contributed by atoms with Crippen LogP contribution in [-0.2, 0) is 11.3 Å². The fourth-order valence-electron chi connectivity index (χ4n) is 2.67. The molecule has 0 aliphatic rings. The molecular weight excluding hydrogens is 437 g/mol. The van der Waals surface area contributed by atoms with Gasteiger partial charge >= 0.3 is 12.1 Å². The van der Waals surface area contributed by atoms with Crippen LogP contribution in [0.5, 0.6) is 5.75 Å². The topological polar surface area (TPSA) is 102 Å². The van der Waals surface area contributed by atoms with E-state index >= 15 is 0 Å². The van der Waals surface area contributed by atoms with Crippen LogP contribution < -0.4 is 15.8 Å². The highest BCUT2D eigenvalue weighted by Crippen LogP contribution is 2.23. The third-order valence-corrected chi connectivity index (χ3v) is 4.30. The van der Waals surface area contributed by atoms with Gasteiger partial charge in [0.25, 0.3) is 0 Å².